The summed E-state index contributed by atoms with van der Waals surface area (Å²) < 4.78 is 17.2. The van der Waals surface area contributed by atoms with Crippen LogP contribution in [-0.2, 0) is 16.0 Å². The molecule has 0 aliphatic carbocycles. The van der Waals surface area contributed by atoms with E-state index in [1.807, 2.05) is 42.5 Å². The van der Waals surface area contributed by atoms with Gasteiger partial charge in [0.2, 0.25) is 6.29 Å². The Labute approximate surface area is 215 Å². The monoisotopic (exact) mass is 511 g/mol. The highest BCUT2D eigenvalue weighted by atomic mass is 35.5. The van der Waals surface area contributed by atoms with Gasteiger partial charge in [0.1, 0.15) is 24.1 Å². The lowest BCUT2D eigenvalue weighted by atomic mass is 9.89. The van der Waals surface area contributed by atoms with Crippen molar-refractivity contribution in [1.82, 2.24) is 5.32 Å². The van der Waals surface area contributed by atoms with Crippen LogP contribution in [0.5, 0.6) is 5.75 Å². The number of carbonyl (C=O) groups is 1. The van der Waals surface area contributed by atoms with Crippen LogP contribution in [0.3, 0.4) is 0 Å². The van der Waals surface area contributed by atoms with Gasteiger partial charge in [-0.25, -0.2) is 0 Å². The van der Waals surface area contributed by atoms with Crippen molar-refractivity contribution < 1.29 is 29.2 Å². The first kappa shape index (κ1) is 26.1. The van der Waals surface area contributed by atoms with Crippen molar-refractivity contribution in [3.05, 3.63) is 88.9 Å². The number of aliphatic hydroxyl groups excluding tert-OH is 2. The molecule has 0 saturated carbocycles. The number of halogens is 1. The zero-order valence-corrected chi connectivity index (χ0v) is 21.1. The molecule has 190 valence electrons. The summed E-state index contributed by atoms with van der Waals surface area (Å²) in [6, 6.07) is 21.9. The predicted molar refractivity (Wildman–Crippen MR) is 137 cm³/mol. The fourth-order valence-corrected chi connectivity index (χ4v) is 4.50. The van der Waals surface area contributed by atoms with E-state index in [-0.39, 0.29) is 5.91 Å². The van der Waals surface area contributed by atoms with Crippen LogP contribution in [-0.4, -0.2) is 53.4 Å². The number of nitrogens with one attached hydrogen (secondary N) is 1. The van der Waals surface area contributed by atoms with Crippen molar-refractivity contribution in [2.24, 2.45) is 0 Å². The molecule has 1 amide bonds. The van der Waals surface area contributed by atoms with E-state index in [2.05, 4.69) is 5.32 Å². The van der Waals surface area contributed by atoms with Gasteiger partial charge in [0.15, 0.2) is 0 Å². The minimum absolute atomic E-state index is 0.292. The van der Waals surface area contributed by atoms with Crippen molar-refractivity contribution >= 4 is 17.5 Å². The molecule has 8 heteroatoms. The second kappa shape index (κ2) is 11.0. The van der Waals surface area contributed by atoms with E-state index < -0.39 is 30.2 Å². The Bertz CT molecular complexity index is 1180. The van der Waals surface area contributed by atoms with Gasteiger partial charge in [0.25, 0.3) is 5.91 Å². The third-order valence-corrected chi connectivity index (χ3v) is 6.49. The Morgan fingerprint density at radius 1 is 1.03 bits per heavy atom. The van der Waals surface area contributed by atoms with Crippen LogP contribution >= 0.6 is 11.6 Å². The molecule has 1 saturated heterocycles. The van der Waals surface area contributed by atoms with E-state index in [9.17, 15) is 15.0 Å². The lowest BCUT2D eigenvalue weighted by Gasteiger charge is -2.46. The molecule has 0 aromatic heterocycles. The van der Waals surface area contributed by atoms with E-state index in [1.54, 1.807) is 44.2 Å². The van der Waals surface area contributed by atoms with Crippen LogP contribution in [0.1, 0.15) is 29.8 Å². The highest BCUT2D eigenvalue weighted by molar-refractivity contribution is 6.30. The fourth-order valence-electron chi connectivity index (χ4n) is 4.38. The fraction of sp³-hybridized carbons (Fsp3) is 0.321. The molecule has 1 aliphatic rings. The summed E-state index contributed by atoms with van der Waals surface area (Å²) in [5.74, 6) is 0.0136. The molecular weight excluding hydrogens is 482 g/mol. The summed E-state index contributed by atoms with van der Waals surface area (Å²) >= 11 is 6.06. The molecule has 0 bridgehead atoms. The Morgan fingerprint density at radius 2 is 1.72 bits per heavy atom. The van der Waals surface area contributed by atoms with Gasteiger partial charge >= 0.3 is 0 Å². The number of methoxy groups -OCH3 is 1. The number of hydrogen-bond donors (Lipinski definition) is 3. The highest BCUT2D eigenvalue weighted by Crippen LogP contribution is 2.34. The first-order valence-corrected chi connectivity index (χ1v) is 12.0. The lowest BCUT2D eigenvalue weighted by molar-refractivity contribution is -0.305. The summed E-state index contributed by atoms with van der Waals surface area (Å²) in [4.78, 5) is 13.3. The van der Waals surface area contributed by atoms with E-state index in [1.165, 1.54) is 7.11 Å². The van der Waals surface area contributed by atoms with Gasteiger partial charge in [-0.2, -0.15) is 0 Å². The molecule has 3 aromatic rings. The average molecular weight is 512 g/mol. The molecule has 0 unspecified atom stereocenters. The Kier molecular flexibility index (Phi) is 7.97. The second-order valence-corrected chi connectivity index (χ2v) is 9.66. The number of amides is 1. The molecule has 1 fully saturated rings. The molecule has 36 heavy (non-hydrogen) atoms. The second-order valence-electron chi connectivity index (χ2n) is 9.23. The molecule has 1 heterocycles. The quantitative estimate of drug-likeness (QED) is 0.440. The summed E-state index contributed by atoms with van der Waals surface area (Å²) in [7, 11) is 1.45. The lowest BCUT2D eigenvalue weighted by Crippen LogP contribution is -2.63. The molecule has 0 spiro atoms. The van der Waals surface area contributed by atoms with E-state index in [4.69, 9.17) is 25.8 Å². The van der Waals surface area contributed by atoms with Crippen LogP contribution in [0.15, 0.2) is 72.8 Å². The molecule has 3 aromatic carbocycles. The Balaban J connectivity index is 1.62. The maximum atomic E-state index is 13.3. The molecule has 4 rings (SSSR count). The average Bonchev–Trinajstić information content (AvgIpc) is 2.87. The third-order valence-electron chi connectivity index (χ3n) is 6.24. The zero-order valence-electron chi connectivity index (χ0n) is 20.4. The van der Waals surface area contributed by atoms with E-state index in [0.29, 0.717) is 28.4 Å². The molecule has 3 N–H and O–H groups in total. The first-order chi connectivity index (χ1) is 17.2. The Hall–Kier alpha value is -2.94. The van der Waals surface area contributed by atoms with Crippen molar-refractivity contribution in [3.63, 3.8) is 0 Å². The highest BCUT2D eigenvalue weighted by Gasteiger charge is 2.50. The molecule has 0 radical (unpaired) electrons. The number of carbonyl (C=O) groups excluding carboxylic acids is 1. The van der Waals surface area contributed by atoms with Gasteiger partial charge in [-0.1, -0.05) is 54.1 Å². The minimum Gasteiger partial charge on any atom is -0.462 e. The standard InChI is InChI=1S/C28H30ClNO6/c1-28(2)25(34-3)23(31)24(32)27(36-28)35-20-13-14-21(18-9-11-19(29)12-10-18)22(15-20)26(33)30-16-17-7-5-4-6-8-17/h4-15,23-25,27,31-32H,16H2,1-3H3,(H,30,33)/t23-,24+,25+,27-/m0/s1. The van der Waals surface area contributed by atoms with Gasteiger partial charge < -0.3 is 29.7 Å². The molecule has 7 nitrogen and oxygen atoms in total. The van der Waals surface area contributed by atoms with Crippen molar-refractivity contribution in [1.29, 1.82) is 0 Å². The van der Waals surface area contributed by atoms with Crippen LogP contribution in [0.4, 0.5) is 0 Å². The largest absolute Gasteiger partial charge is 0.462 e. The number of aliphatic hydroxyl groups is 2. The zero-order chi connectivity index (χ0) is 25.9. The summed E-state index contributed by atoms with van der Waals surface area (Å²) in [5.41, 5.74) is 1.93. The van der Waals surface area contributed by atoms with Gasteiger partial charge in [-0.05, 0) is 60.9 Å². The van der Waals surface area contributed by atoms with Gasteiger partial charge in [0, 0.05) is 18.7 Å². The Morgan fingerprint density at radius 3 is 2.39 bits per heavy atom. The maximum absolute atomic E-state index is 13.3. The summed E-state index contributed by atoms with van der Waals surface area (Å²) in [6.45, 7) is 3.85. The summed E-state index contributed by atoms with van der Waals surface area (Å²) in [6.07, 6.45) is -4.47. The normalized spacial score (nSPS) is 23.2. The van der Waals surface area contributed by atoms with Crippen molar-refractivity contribution in [3.8, 4) is 16.9 Å². The molecule has 4 atom stereocenters. The maximum Gasteiger partial charge on any atom is 0.252 e. The number of hydrogen-bond acceptors (Lipinski definition) is 6. The van der Waals surface area contributed by atoms with Crippen LogP contribution in [0.2, 0.25) is 5.02 Å². The van der Waals surface area contributed by atoms with Crippen LogP contribution in [0, 0.1) is 0 Å². The van der Waals surface area contributed by atoms with Crippen LogP contribution < -0.4 is 10.1 Å². The number of ether oxygens (including phenoxy) is 3. The minimum atomic E-state index is -1.35. The van der Waals surface area contributed by atoms with Gasteiger partial charge in [-0.15, -0.1) is 0 Å². The predicted octanol–water partition coefficient (Wildman–Crippen LogP) is 4.19. The van der Waals surface area contributed by atoms with Gasteiger partial charge in [0.05, 0.1) is 11.2 Å². The summed E-state index contributed by atoms with van der Waals surface area (Å²) in [5, 5.41) is 24.7. The number of rotatable bonds is 7. The van der Waals surface area contributed by atoms with Crippen molar-refractivity contribution in [2.75, 3.05) is 7.11 Å². The van der Waals surface area contributed by atoms with E-state index in [0.717, 1.165) is 11.1 Å². The molecule has 1 aliphatic heterocycles. The third kappa shape index (κ3) is 5.72. The molecular formula is C28H30ClNO6. The van der Waals surface area contributed by atoms with Crippen molar-refractivity contribution in [2.45, 2.75) is 50.6 Å². The number of benzene rings is 3. The van der Waals surface area contributed by atoms with Crippen LogP contribution in [0.25, 0.3) is 11.1 Å². The van der Waals surface area contributed by atoms with Gasteiger partial charge in [-0.3, -0.25) is 4.79 Å². The SMILES string of the molecule is CO[C@@H]1[C@@H](O)[C@@H](O)[C@@H](Oc2ccc(-c3ccc(Cl)cc3)c(C(=O)NCc3ccccc3)c2)OC1(C)C. The topological polar surface area (TPSA) is 97.3 Å². The first-order valence-electron chi connectivity index (χ1n) is 11.6. The van der Waals surface area contributed by atoms with E-state index >= 15 is 0 Å². The smallest absolute Gasteiger partial charge is 0.252 e.